The number of carbonyl (C=O) groups is 2. The van der Waals surface area contributed by atoms with Crippen LogP contribution in [0.15, 0.2) is 24.3 Å². The van der Waals surface area contributed by atoms with Gasteiger partial charge in [-0.25, -0.2) is 0 Å². The fourth-order valence-corrected chi connectivity index (χ4v) is 2.54. The van der Waals surface area contributed by atoms with E-state index in [0.717, 1.165) is 24.3 Å². The summed E-state index contributed by atoms with van der Waals surface area (Å²) in [6, 6.07) is 7.65. The van der Waals surface area contributed by atoms with Crippen LogP contribution < -0.4 is 4.74 Å². The Bertz CT molecular complexity index is 512. The third-order valence-corrected chi connectivity index (χ3v) is 3.88. The van der Waals surface area contributed by atoms with Gasteiger partial charge in [0.2, 0.25) is 5.91 Å². The third kappa shape index (κ3) is 4.48. The van der Waals surface area contributed by atoms with Crippen molar-refractivity contribution in [2.24, 2.45) is 5.92 Å². The maximum atomic E-state index is 11.8. The van der Waals surface area contributed by atoms with Crippen molar-refractivity contribution in [3.63, 3.8) is 0 Å². The Morgan fingerprint density at radius 3 is 2.64 bits per heavy atom. The Balaban J connectivity index is 1.83. The summed E-state index contributed by atoms with van der Waals surface area (Å²) in [5.41, 5.74) is 0.986. The van der Waals surface area contributed by atoms with E-state index >= 15 is 0 Å². The molecule has 120 valence electrons. The van der Waals surface area contributed by atoms with Gasteiger partial charge in [-0.1, -0.05) is 31.9 Å². The molecule has 1 fully saturated rings. The number of ether oxygens (including phenoxy) is 1. The van der Waals surface area contributed by atoms with Crippen LogP contribution in [-0.4, -0.2) is 35.0 Å². The van der Waals surface area contributed by atoms with Crippen molar-refractivity contribution in [2.45, 2.75) is 39.2 Å². The van der Waals surface area contributed by atoms with Gasteiger partial charge in [-0.05, 0) is 24.1 Å². The van der Waals surface area contributed by atoms with E-state index in [1.54, 1.807) is 4.90 Å². The summed E-state index contributed by atoms with van der Waals surface area (Å²) in [4.78, 5) is 24.3. The van der Waals surface area contributed by atoms with Gasteiger partial charge in [-0.3, -0.25) is 9.59 Å². The van der Waals surface area contributed by atoms with Crippen molar-refractivity contribution < 1.29 is 19.4 Å². The zero-order chi connectivity index (χ0) is 15.9. The quantitative estimate of drug-likeness (QED) is 0.750. The highest BCUT2D eigenvalue weighted by atomic mass is 16.5. The molecule has 1 amide bonds. The van der Waals surface area contributed by atoms with Crippen molar-refractivity contribution in [1.82, 2.24) is 4.90 Å². The van der Waals surface area contributed by atoms with E-state index < -0.39 is 11.9 Å². The minimum absolute atomic E-state index is 0.0905. The zero-order valence-corrected chi connectivity index (χ0v) is 13.0. The van der Waals surface area contributed by atoms with Crippen molar-refractivity contribution in [3.05, 3.63) is 29.8 Å². The molecule has 5 nitrogen and oxygen atoms in total. The fourth-order valence-electron chi connectivity index (χ4n) is 2.54. The topological polar surface area (TPSA) is 66.8 Å². The molecule has 1 aliphatic heterocycles. The lowest BCUT2D eigenvalue weighted by atomic mass is 10.1. The van der Waals surface area contributed by atoms with Crippen LogP contribution in [0.5, 0.6) is 5.75 Å². The number of aliphatic carboxylic acids is 1. The minimum atomic E-state index is -0.897. The summed E-state index contributed by atoms with van der Waals surface area (Å²) >= 11 is 0. The number of unbranched alkanes of at least 4 members (excludes halogenated alkanes) is 2. The summed E-state index contributed by atoms with van der Waals surface area (Å²) in [6.07, 6.45) is 3.49. The number of carboxylic acids is 1. The monoisotopic (exact) mass is 305 g/mol. The molecule has 1 atom stereocenters. The van der Waals surface area contributed by atoms with E-state index in [1.807, 2.05) is 24.3 Å². The van der Waals surface area contributed by atoms with E-state index in [4.69, 9.17) is 9.84 Å². The molecule has 1 saturated heterocycles. The van der Waals surface area contributed by atoms with Gasteiger partial charge in [-0.2, -0.15) is 0 Å². The Morgan fingerprint density at radius 2 is 2.05 bits per heavy atom. The van der Waals surface area contributed by atoms with E-state index in [1.165, 1.54) is 12.8 Å². The van der Waals surface area contributed by atoms with Crippen LogP contribution >= 0.6 is 0 Å². The van der Waals surface area contributed by atoms with Crippen molar-refractivity contribution >= 4 is 11.9 Å². The number of hydrogen-bond acceptors (Lipinski definition) is 3. The molecule has 0 bridgehead atoms. The van der Waals surface area contributed by atoms with Crippen LogP contribution in [-0.2, 0) is 16.1 Å². The summed E-state index contributed by atoms with van der Waals surface area (Å²) in [5.74, 6) is -0.733. The lowest BCUT2D eigenvalue weighted by Crippen LogP contribution is -2.25. The number of amides is 1. The maximum Gasteiger partial charge on any atom is 0.308 e. The molecule has 22 heavy (non-hydrogen) atoms. The molecule has 0 aliphatic carbocycles. The lowest BCUT2D eigenvalue weighted by Gasteiger charge is -2.16. The molecular formula is C17H23NO4. The molecule has 0 spiro atoms. The van der Waals surface area contributed by atoms with Crippen molar-refractivity contribution in [3.8, 4) is 5.75 Å². The van der Waals surface area contributed by atoms with Crippen LogP contribution in [0.2, 0.25) is 0 Å². The minimum Gasteiger partial charge on any atom is -0.494 e. The predicted molar refractivity (Wildman–Crippen MR) is 82.6 cm³/mol. The van der Waals surface area contributed by atoms with Gasteiger partial charge >= 0.3 is 5.97 Å². The molecule has 2 rings (SSSR count). The van der Waals surface area contributed by atoms with Gasteiger partial charge in [0.25, 0.3) is 0 Å². The Hall–Kier alpha value is -2.04. The molecule has 0 aromatic heterocycles. The smallest absolute Gasteiger partial charge is 0.308 e. The highest BCUT2D eigenvalue weighted by Gasteiger charge is 2.33. The molecular weight excluding hydrogens is 282 g/mol. The predicted octanol–water partition coefficient (Wildman–Crippen LogP) is 2.69. The molecule has 1 aromatic rings. The molecule has 5 heteroatoms. The number of nitrogens with zero attached hydrogens (tertiary/aromatic N) is 1. The number of likely N-dealkylation sites (tertiary alicyclic amines) is 1. The Morgan fingerprint density at radius 1 is 1.32 bits per heavy atom. The van der Waals surface area contributed by atoms with Crippen molar-refractivity contribution in [1.29, 1.82) is 0 Å². The maximum absolute atomic E-state index is 11.8. The van der Waals surface area contributed by atoms with Crippen LogP contribution in [0.4, 0.5) is 0 Å². The van der Waals surface area contributed by atoms with Gasteiger partial charge in [-0.15, -0.1) is 0 Å². The number of benzene rings is 1. The SMILES string of the molecule is CCCCCOc1ccc(CN2C[C@@H](C(=O)O)CC2=O)cc1. The number of rotatable bonds is 8. The lowest BCUT2D eigenvalue weighted by molar-refractivity contribution is -0.141. The molecule has 1 N–H and O–H groups in total. The number of hydrogen-bond donors (Lipinski definition) is 1. The Kier molecular flexibility index (Phi) is 5.81. The van der Waals surface area contributed by atoms with E-state index in [2.05, 4.69) is 6.92 Å². The normalized spacial score (nSPS) is 17.8. The average molecular weight is 305 g/mol. The van der Waals surface area contributed by atoms with Gasteiger partial charge < -0.3 is 14.7 Å². The van der Waals surface area contributed by atoms with E-state index in [-0.39, 0.29) is 12.3 Å². The first-order valence-electron chi connectivity index (χ1n) is 7.82. The van der Waals surface area contributed by atoms with Crippen LogP contribution in [0.25, 0.3) is 0 Å². The fraction of sp³-hybridized carbons (Fsp3) is 0.529. The molecule has 0 saturated carbocycles. The summed E-state index contributed by atoms with van der Waals surface area (Å²) in [7, 11) is 0. The highest BCUT2D eigenvalue weighted by molar-refractivity contribution is 5.86. The average Bonchev–Trinajstić information content (AvgIpc) is 2.87. The largest absolute Gasteiger partial charge is 0.494 e. The summed E-state index contributed by atoms with van der Waals surface area (Å²) < 4.78 is 5.64. The van der Waals surface area contributed by atoms with Gasteiger partial charge in [0.15, 0.2) is 0 Å². The van der Waals surface area contributed by atoms with Crippen molar-refractivity contribution in [2.75, 3.05) is 13.2 Å². The second-order valence-electron chi connectivity index (χ2n) is 5.71. The summed E-state index contributed by atoms with van der Waals surface area (Å²) in [5, 5.41) is 8.98. The first-order valence-corrected chi connectivity index (χ1v) is 7.82. The number of carboxylic acid groups (broad SMARTS) is 1. The van der Waals surface area contributed by atoms with E-state index in [9.17, 15) is 9.59 Å². The first kappa shape index (κ1) is 16.3. The Labute approximate surface area is 130 Å². The molecule has 1 aliphatic rings. The molecule has 0 unspecified atom stereocenters. The van der Waals surface area contributed by atoms with Crippen LogP contribution in [0.3, 0.4) is 0 Å². The van der Waals surface area contributed by atoms with E-state index in [0.29, 0.717) is 13.1 Å². The second-order valence-corrected chi connectivity index (χ2v) is 5.71. The third-order valence-electron chi connectivity index (χ3n) is 3.88. The summed E-state index contributed by atoms with van der Waals surface area (Å²) in [6.45, 7) is 3.63. The highest BCUT2D eigenvalue weighted by Crippen LogP contribution is 2.21. The first-order chi connectivity index (χ1) is 10.6. The van der Waals surface area contributed by atoms with Gasteiger partial charge in [0.05, 0.1) is 12.5 Å². The molecule has 1 heterocycles. The second kappa shape index (κ2) is 7.82. The van der Waals surface area contributed by atoms with Crippen LogP contribution in [0, 0.1) is 5.92 Å². The zero-order valence-electron chi connectivity index (χ0n) is 13.0. The number of carbonyl (C=O) groups excluding carboxylic acids is 1. The molecule has 1 aromatic carbocycles. The van der Waals surface area contributed by atoms with Gasteiger partial charge in [0.1, 0.15) is 5.75 Å². The standard InChI is InChI=1S/C17H23NO4/c1-2-3-4-9-22-15-7-5-13(6-8-15)11-18-12-14(17(20)21)10-16(18)19/h5-8,14H,2-4,9-12H2,1H3,(H,20,21)/t14-/m0/s1. The van der Waals surface area contributed by atoms with Crippen LogP contribution in [0.1, 0.15) is 38.2 Å². The van der Waals surface area contributed by atoms with Gasteiger partial charge in [0, 0.05) is 19.5 Å². The molecule has 0 radical (unpaired) electrons.